The van der Waals surface area contributed by atoms with Crippen molar-refractivity contribution in [2.45, 2.75) is 33.1 Å². The Morgan fingerprint density at radius 1 is 1.04 bits per heavy atom. The highest BCUT2D eigenvalue weighted by molar-refractivity contribution is 6.02. The molecule has 132 valence electrons. The van der Waals surface area contributed by atoms with Gasteiger partial charge in [-0.1, -0.05) is 51.1 Å². The third kappa shape index (κ3) is 4.66. The molecule has 5 heteroatoms. The van der Waals surface area contributed by atoms with Crippen molar-refractivity contribution in [3.63, 3.8) is 0 Å². The molecule has 0 saturated heterocycles. The van der Waals surface area contributed by atoms with E-state index in [9.17, 15) is 14.0 Å². The molecule has 0 bridgehead atoms. The standard InChI is InChI=1S/C20H23FN2O2/c1-14(24)23(18-12-8-6-10-16(18)21)13-19(25)22-17-11-7-5-9-15(17)20(2,3)4/h5-12H,13H2,1-4H3,(H,22,25). The Hall–Kier alpha value is -2.69. The van der Waals surface area contributed by atoms with Gasteiger partial charge in [-0.25, -0.2) is 4.39 Å². The average molecular weight is 342 g/mol. The van der Waals surface area contributed by atoms with Gasteiger partial charge in [0.15, 0.2) is 0 Å². The van der Waals surface area contributed by atoms with Crippen molar-refractivity contribution in [3.05, 3.63) is 59.9 Å². The predicted octanol–water partition coefficient (Wildman–Crippen LogP) is 4.11. The zero-order valence-corrected chi connectivity index (χ0v) is 15.0. The van der Waals surface area contributed by atoms with Gasteiger partial charge in [0.2, 0.25) is 11.8 Å². The van der Waals surface area contributed by atoms with E-state index in [1.807, 2.05) is 24.3 Å². The van der Waals surface area contributed by atoms with Crippen LogP contribution in [0.4, 0.5) is 15.8 Å². The summed E-state index contributed by atoms with van der Waals surface area (Å²) in [7, 11) is 0. The van der Waals surface area contributed by atoms with Crippen LogP contribution >= 0.6 is 0 Å². The van der Waals surface area contributed by atoms with Crippen LogP contribution in [0, 0.1) is 5.82 Å². The molecule has 0 unspecified atom stereocenters. The highest BCUT2D eigenvalue weighted by Crippen LogP contribution is 2.29. The lowest BCUT2D eigenvalue weighted by Crippen LogP contribution is -2.37. The predicted molar refractivity (Wildman–Crippen MR) is 98.2 cm³/mol. The largest absolute Gasteiger partial charge is 0.324 e. The van der Waals surface area contributed by atoms with Crippen LogP contribution in [0.2, 0.25) is 0 Å². The number of anilines is 2. The van der Waals surface area contributed by atoms with Crippen molar-refractivity contribution < 1.29 is 14.0 Å². The van der Waals surface area contributed by atoms with E-state index in [4.69, 9.17) is 0 Å². The summed E-state index contributed by atoms with van der Waals surface area (Å²) >= 11 is 0. The number of nitrogens with zero attached hydrogens (tertiary/aromatic N) is 1. The van der Waals surface area contributed by atoms with E-state index in [1.54, 1.807) is 6.07 Å². The van der Waals surface area contributed by atoms with Crippen molar-refractivity contribution in [3.8, 4) is 0 Å². The lowest BCUT2D eigenvalue weighted by atomic mass is 9.86. The van der Waals surface area contributed by atoms with Crippen molar-refractivity contribution in [2.24, 2.45) is 0 Å². The summed E-state index contributed by atoms with van der Waals surface area (Å²) in [5.41, 5.74) is 1.63. The Morgan fingerprint density at radius 2 is 1.64 bits per heavy atom. The maximum atomic E-state index is 14.0. The lowest BCUT2D eigenvalue weighted by Gasteiger charge is -2.24. The molecule has 0 spiro atoms. The molecule has 2 amide bonds. The number of carbonyl (C=O) groups is 2. The van der Waals surface area contributed by atoms with Crippen LogP contribution in [0.15, 0.2) is 48.5 Å². The lowest BCUT2D eigenvalue weighted by molar-refractivity contribution is -0.120. The fourth-order valence-electron chi connectivity index (χ4n) is 2.62. The molecule has 2 aromatic carbocycles. The summed E-state index contributed by atoms with van der Waals surface area (Å²) in [5, 5.41) is 2.84. The summed E-state index contributed by atoms with van der Waals surface area (Å²) in [6.45, 7) is 7.22. The summed E-state index contributed by atoms with van der Waals surface area (Å²) in [4.78, 5) is 25.5. The van der Waals surface area contributed by atoms with E-state index in [0.29, 0.717) is 5.69 Å². The minimum absolute atomic E-state index is 0.0919. The first-order chi connectivity index (χ1) is 11.7. The highest BCUT2D eigenvalue weighted by atomic mass is 19.1. The van der Waals surface area contributed by atoms with Crippen LogP contribution in [0.1, 0.15) is 33.3 Å². The number of benzene rings is 2. The normalized spacial score (nSPS) is 11.1. The van der Waals surface area contributed by atoms with Gasteiger partial charge >= 0.3 is 0 Å². The van der Waals surface area contributed by atoms with Crippen LogP contribution in [0.5, 0.6) is 0 Å². The van der Waals surface area contributed by atoms with Gasteiger partial charge in [-0.2, -0.15) is 0 Å². The van der Waals surface area contributed by atoms with Gasteiger partial charge in [0, 0.05) is 12.6 Å². The van der Waals surface area contributed by atoms with Crippen LogP contribution < -0.4 is 10.2 Å². The Kier molecular flexibility index (Phi) is 5.57. The van der Waals surface area contributed by atoms with E-state index in [1.165, 1.54) is 25.1 Å². The van der Waals surface area contributed by atoms with Gasteiger partial charge in [-0.15, -0.1) is 0 Å². The van der Waals surface area contributed by atoms with E-state index in [-0.39, 0.29) is 23.6 Å². The Labute approximate surface area is 147 Å². The molecule has 0 atom stereocenters. The monoisotopic (exact) mass is 342 g/mol. The molecule has 0 aromatic heterocycles. The number of hydrogen-bond acceptors (Lipinski definition) is 2. The van der Waals surface area contributed by atoms with Crippen molar-refractivity contribution in [1.29, 1.82) is 0 Å². The highest BCUT2D eigenvalue weighted by Gasteiger charge is 2.21. The molecule has 4 nitrogen and oxygen atoms in total. The third-order valence-electron chi connectivity index (χ3n) is 3.83. The maximum Gasteiger partial charge on any atom is 0.244 e. The van der Waals surface area contributed by atoms with Crippen LogP contribution in [-0.4, -0.2) is 18.4 Å². The van der Waals surface area contributed by atoms with Gasteiger partial charge in [0.05, 0.1) is 5.69 Å². The second-order valence-corrected chi connectivity index (χ2v) is 6.90. The summed E-state index contributed by atoms with van der Waals surface area (Å²) < 4.78 is 14.0. The molecule has 0 heterocycles. The van der Waals surface area contributed by atoms with Gasteiger partial charge in [-0.3, -0.25) is 9.59 Å². The average Bonchev–Trinajstić information content (AvgIpc) is 2.52. The van der Waals surface area contributed by atoms with E-state index < -0.39 is 11.7 Å². The Morgan fingerprint density at radius 3 is 2.24 bits per heavy atom. The van der Waals surface area contributed by atoms with Crippen LogP contribution in [0.3, 0.4) is 0 Å². The van der Waals surface area contributed by atoms with Gasteiger partial charge < -0.3 is 10.2 Å². The molecule has 1 N–H and O–H groups in total. The first-order valence-corrected chi connectivity index (χ1v) is 8.12. The molecular weight excluding hydrogens is 319 g/mol. The van der Waals surface area contributed by atoms with E-state index in [2.05, 4.69) is 26.1 Å². The number of rotatable bonds is 4. The molecule has 0 saturated carbocycles. The molecule has 0 aliphatic rings. The van der Waals surface area contributed by atoms with Gasteiger partial charge in [0.1, 0.15) is 12.4 Å². The molecule has 0 aliphatic carbocycles. The zero-order valence-electron chi connectivity index (χ0n) is 15.0. The third-order valence-corrected chi connectivity index (χ3v) is 3.83. The minimum atomic E-state index is -0.541. The molecular formula is C20H23FN2O2. The van der Waals surface area contributed by atoms with Crippen LogP contribution in [-0.2, 0) is 15.0 Å². The maximum absolute atomic E-state index is 14.0. The van der Waals surface area contributed by atoms with Crippen LogP contribution in [0.25, 0.3) is 0 Å². The SMILES string of the molecule is CC(=O)N(CC(=O)Nc1ccccc1C(C)(C)C)c1ccccc1F. The molecule has 25 heavy (non-hydrogen) atoms. The topological polar surface area (TPSA) is 49.4 Å². The number of hydrogen-bond donors (Lipinski definition) is 1. The first-order valence-electron chi connectivity index (χ1n) is 8.12. The van der Waals surface area contributed by atoms with E-state index >= 15 is 0 Å². The number of halogens is 1. The van der Waals surface area contributed by atoms with Crippen molar-refractivity contribution >= 4 is 23.2 Å². The smallest absolute Gasteiger partial charge is 0.244 e. The number of carbonyl (C=O) groups excluding carboxylic acids is 2. The zero-order chi connectivity index (χ0) is 18.6. The quantitative estimate of drug-likeness (QED) is 0.909. The summed E-state index contributed by atoms with van der Waals surface area (Å²) in [6.07, 6.45) is 0. The molecule has 2 aromatic rings. The number of nitrogens with one attached hydrogen (secondary N) is 1. The second kappa shape index (κ2) is 7.47. The van der Waals surface area contributed by atoms with Crippen molar-refractivity contribution in [2.75, 3.05) is 16.8 Å². The fourth-order valence-corrected chi connectivity index (χ4v) is 2.62. The first kappa shape index (κ1) is 18.6. The second-order valence-electron chi connectivity index (χ2n) is 6.90. The molecule has 0 radical (unpaired) electrons. The summed E-state index contributed by atoms with van der Waals surface area (Å²) in [6, 6.07) is 13.4. The molecule has 2 rings (SSSR count). The Balaban J connectivity index is 2.22. The minimum Gasteiger partial charge on any atom is -0.324 e. The Bertz CT molecular complexity index is 781. The molecule has 0 aliphatic heterocycles. The van der Waals surface area contributed by atoms with Gasteiger partial charge in [-0.05, 0) is 29.2 Å². The summed E-state index contributed by atoms with van der Waals surface area (Å²) in [5.74, 6) is -1.32. The van der Waals surface area contributed by atoms with Gasteiger partial charge in [0.25, 0.3) is 0 Å². The van der Waals surface area contributed by atoms with E-state index in [0.717, 1.165) is 10.5 Å². The molecule has 0 fully saturated rings. The number of amides is 2. The number of para-hydroxylation sites is 2. The van der Waals surface area contributed by atoms with Crippen molar-refractivity contribution in [1.82, 2.24) is 0 Å². The fraction of sp³-hybridized carbons (Fsp3) is 0.300.